The molecule has 2 atom stereocenters. The molecule has 0 fully saturated rings. The number of carboxylic acid groups (broad SMARTS) is 1. The smallest absolute Gasteiger partial charge is 0.320 e. The van der Waals surface area contributed by atoms with E-state index >= 15 is 0 Å². The number of carboxylic acids is 1. The van der Waals surface area contributed by atoms with E-state index < -0.39 is 12.0 Å². The van der Waals surface area contributed by atoms with E-state index in [4.69, 9.17) is 0 Å². The van der Waals surface area contributed by atoms with Crippen LogP contribution in [-0.2, 0) is 11.3 Å². The summed E-state index contributed by atoms with van der Waals surface area (Å²) >= 11 is 0. The van der Waals surface area contributed by atoms with Crippen LogP contribution in [0.2, 0.25) is 0 Å². The summed E-state index contributed by atoms with van der Waals surface area (Å²) in [5.41, 5.74) is 0.739. The van der Waals surface area contributed by atoms with Crippen LogP contribution in [0.1, 0.15) is 25.8 Å². The van der Waals surface area contributed by atoms with Crippen LogP contribution in [0.15, 0.2) is 36.4 Å². The molecule has 0 saturated heterocycles. The second-order valence-corrected chi connectivity index (χ2v) is 5.37. The zero-order chi connectivity index (χ0) is 15.4. The molecule has 0 aliphatic carbocycles. The van der Waals surface area contributed by atoms with E-state index in [9.17, 15) is 15.0 Å². The van der Waals surface area contributed by atoms with Crippen LogP contribution in [0, 0.1) is 5.92 Å². The molecule has 0 saturated carbocycles. The summed E-state index contributed by atoms with van der Waals surface area (Å²) in [5, 5.41) is 24.4. The van der Waals surface area contributed by atoms with E-state index in [0.717, 1.165) is 22.8 Å². The lowest BCUT2D eigenvalue weighted by molar-refractivity contribution is -0.140. The monoisotopic (exact) mass is 287 g/mol. The highest BCUT2D eigenvalue weighted by Crippen LogP contribution is 2.27. The van der Waals surface area contributed by atoms with Crippen molar-refractivity contribution in [2.75, 3.05) is 0 Å². The van der Waals surface area contributed by atoms with E-state index in [1.165, 1.54) is 0 Å². The van der Waals surface area contributed by atoms with Crippen LogP contribution >= 0.6 is 0 Å². The van der Waals surface area contributed by atoms with Crippen molar-refractivity contribution in [3.8, 4) is 5.75 Å². The van der Waals surface area contributed by atoms with Gasteiger partial charge in [0.05, 0.1) is 0 Å². The van der Waals surface area contributed by atoms with Gasteiger partial charge in [0.1, 0.15) is 11.8 Å². The predicted molar refractivity (Wildman–Crippen MR) is 83.3 cm³/mol. The van der Waals surface area contributed by atoms with Crippen molar-refractivity contribution in [3.05, 3.63) is 42.0 Å². The molecule has 0 amide bonds. The minimum atomic E-state index is -0.857. The van der Waals surface area contributed by atoms with Gasteiger partial charge in [0.25, 0.3) is 0 Å². The van der Waals surface area contributed by atoms with Gasteiger partial charge in [0, 0.05) is 12.1 Å². The molecule has 0 heterocycles. The standard InChI is InChI=1S/C17H21NO3/c1-3-11(2)16(17(20)21)18-10-14-13-7-5-4-6-12(13)8-9-15(14)19/h4-9,11,16,18-19H,3,10H2,1-2H3,(H,20,21). The summed E-state index contributed by atoms with van der Waals surface area (Å²) in [6, 6.07) is 10.7. The number of nitrogens with one attached hydrogen (secondary N) is 1. The molecule has 4 nitrogen and oxygen atoms in total. The van der Waals surface area contributed by atoms with Crippen LogP contribution in [0.3, 0.4) is 0 Å². The quantitative estimate of drug-likeness (QED) is 0.763. The Hall–Kier alpha value is -2.07. The number of phenols is 1. The molecule has 2 aromatic rings. The third-order valence-electron chi connectivity index (χ3n) is 3.99. The van der Waals surface area contributed by atoms with Crippen LogP contribution in [0.4, 0.5) is 0 Å². The predicted octanol–water partition coefficient (Wildman–Crippen LogP) is 3.13. The Kier molecular flexibility index (Phi) is 4.81. The van der Waals surface area contributed by atoms with Gasteiger partial charge in [-0.3, -0.25) is 10.1 Å². The van der Waals surface area contributed by atoms with Gasteiger partial charge in [-0.25, -0.2) is 0 Å². The first-order valence-corrected chi connectivity index (χ1v) is 7.20. The summed E-state index contributed by atoms with van der Waals surface area (Å²) in [7, 11) is 0. The molecule has 0 aliphatic rings. The molecule has 0 aromatic heterocycles. The maximum Gasteiger partial charge on any atom is 0.320 e. The third kappa shape index (κ3) is 3.34. The maximum absolute atomic E-state index is 11.3. The molecule has 112 valence electrons. The molecular formula is C17H21NO3. The van der Waals surface area contributed by atoms with Gasteiger partial charge in [-0.15, -0.1) is 0 Å². The first kappa shape index (κ1) is 15.3. The summed E-state index contributed by atoms with van der Waals surface area (Å²) in [6.07, 6.45) is 0.783. The number of rotatable bonds is 6. The van der Waals surface area contributed by atoms with Crippen molar-refractivity contribution in [1.82, 2.24) is 5.32 Å². The van der Waals surface area contributed by atoms with E-state index in [-0.39, 0.29) is 11.7 Å². The fraction of sp³-hybridized carbons (Fsp3) is 0.353. The molecule has 2 aromatic carbocycles. The number of aromatic hydroxyl groups is 1. The highest BCUT2D eigenvalue weighted by atomic mass is 16.4. The summed E-state index contributed by atoms with van der Waals surface area (Å²) in [4.78, 5) is 11.3. The van der Waals surface area contributed by atoms with Crippen molar-refractivity contribution in [1.29, 1.82) is 0 Å². The Labute approximate surface area is 124 Å². The molecule has 21 heavy (non-hydrogen) atoms. The van der Waals surface area contributed by atoms with Crippen LogP contribution in [0.5, 0.6) is 5.75 Å². The van der Waals surface area contributed by atoms with Crippen molar-refractivity contribution in [2.24, 2.45) is 5.92 Å². The van der Waals surface area contributed by atoms with E-state index in [1.54, 1.807) is 6.07 Å². The summed E-state index contributed by atoms with van der Waals surface area (Å²) in [5.74, 6) is -0.641. The van der Waals surface area contributed by atoms with Gasteiger partial charge in [0.15, 0.2) is 0 Å². The highest BCUT2D eigenvalue weighted by Gasteiger charge is 2.23. The fourth-order valence-electron chi connectivity index (χ4n) is 2.49. The molecule has 4 heteroatoms. The Morgan fingerprint density at radius 3 is 2.62 bits per heavy atom. The third-order valence-corrected chi connectivity index (χ3v) is 3.99. The van der Waals surface area contributed by atoms with Gasteiger partial charge >= 0.3 is 5.97 Å². The van der Waals surface area contributed by atoms with Gasteiger partial charge in [-0.1, -0.05) is 50.6 Å². The van der Waals surface area contributed by atoms with Crippen molar-refractivity contribution >= 4 is 16.7 Å². The number of benzene rings is 2. The largest absolute Gasteiger partial charge is 0.508 e. The highest BCUT2D eigenvalue weighted by molar-refractivity contribution is 5.87. The topological polar surface area (TPSA) is 69.6 Å². The Morgan fingerprint density at radius 2 is 1.95 bits per heavy atom. The second kappa shape index (κ2) is 6.59. The second-order valence-electron chi connectivity index (χ2n) is 5.37. The first-order valence-electron chi connectivity index (χ1n) is 7.20. The molecule has 0 aliphatic heterocycles. The minimum absolute atomic E-state index is 0.0274. The van der Waals surface area contributed by atoms with Crippen molar-refractivity contribution in [2.45, 2.75) is 32.9 Å². The van der Waals surface area contributed by atoms with E-state index in [1.807, 2.05) is 44.2 Å². The number of fused-ring (bicyclic) bond motifs is 1. The zero-order valence-corrected chi connectivity index (χ0v) is 12.3. The first-order chi connectivity index (χ1) is 10.0. The normalized spacial score (nSPS) is 14.0. The molecular weight excluding hydrogens is 266 g/mol. The van der Waals surface area contributed by atoms with Crippen molar-refractivity contribution in [3.63, 3.8) is 0 Å². The zero-order valence-electron chi connectivity index (χ0n) is 12.3. The number of hydrogen-bond donors (Lipinski definition) is 3. The minimum Gasteiger partial charge on any atom is -0.508 e. The van der Waals surface area contributed by atoms with Crippen LogP contribution < -0.4 is 5.32 Å². The fourth-order valence-corrected chi connectivity index (χ4v) is 2.49. The van der Waals surface area contributed by atoms with Gasteiger partial charge in [0.2, 0.25) is 0 Å². The molecule has 3 N–H and O–H groups in total. The lowest BCUT2D eigenvalue weighted by atomic mass is 9.98. The van der Waals surface area contributed by atoms with E-state index in [2.05, 4.69) is 5.32 Å². The average Bonchev–Trinajstić information content (AvgIpc) is 2.48. The molecule has 0 radical (unpaired) electrons. The van der Waals surface area contributed by atoms with Gasteiger partial charge in [-0.05, 0) is 22.8 Å². The molecule has 2 rings (SSSR count). The van der Waals surface area contributed by atoms with E-state index in [0.29, 0.717) is 6.54 Å². The van der Waals surface area contributed by atoms with Crippen LogP contribution in [0.25, 0.3) is 10.8 Å². The summed E-state index contributed by atoms with van der Waals surface area (Å²) in [6.45, 7) is 4.21. The lowest BCUT2D eigenvalue weighted by Gasteiger charge is -2.21. The number of carbonyl (C=O) groups is 1. The summed E-state index contributed by atoms with van der Waals surface area (Å²) < 4.78 is 0. The van der Waals surface area contributed by atoms with Gasteiger partial charge in [-0.2, -0.15) is 0 Å². The molecule has 2 unspecified atom stereocenters. The van der Waals surface area contributed by atoms with Crippen LogP contribution in [-0.4, -0.2) is 22.2 Å². The Bertz CT molecular complexity index is 639. The molecule has 0 spiro atoms. The SMILES string of the molecule is CCC(C)C(NCc1c(O)ccc2ccccc12)C(=O)O. The average molecular weight is 287 g/mol. The van der Waals surface area contributed by atoms with Gasteiger partial charge < -0.3 is 10.2 Å². The maximum atomic E-state index is 11.3. The number of hydrogen-bond acceptors (Lipinski definition) is 3. The lowest BCUT2D eigenvalue weighted by Crippen LogP contribution is -2.41. The Balaban J connectivity index is 2.27. The molecule has 0 bridgehead atoms. The Morgan fingerprint density at radius 1 is 1.24 bits per heavy atom. The number of aliphatic carboxylic acids is 1. The number of phenolic OH excluding ortho intramolecular Hbond substituents is 1. The van der Waals surface area contributed by atoms with Crippen molar-refractivity contribution < 1.29 is 15.0 Å².